The average Bonchev–Trinajstić information content (AvgIpc) is 2.17. The first kappa shape index (κ1) is 13.5. The number of hydrogen-bond acceptors (Lipinski definition) is 3. The Kier molecular flexibility index (Phi) is 4.33. The molecule has 0 spiro atoms. The fourth-order valence-corrected chi connectivity index (χ4v) is 1.97. The zero-order valence-electron chi connectivity index (χ0n) is 10.3. The van der Waals surface area contributed by atoms with Crippen LogP contribution in [0.4, 0.5) is 0 Å². The number of ether oxygens (including phenoxy) is 1. The Morgan fingerprint density at radius 3 is 2.44 bits per heavy atom. The lowest BCUT2D eigenvalue weighted by Gasteiger charge is -2.34. The van der Waals surface area contributed by atoms with Crippen molar-refractivity contribution in [2.45, 2.75) is 51.5 Å². The van der Waals surface area contributed by atoms with Crippen molar-refractivity contribution in [2.24, 2.45) is 11.1 Å². The summed E-state index contributed by atoms with van der Waals surface area (Å²) in [7, 11) is 0. The highest BCUT2D eigenvalue weighted by Crippen LogP contribution is 2.26. The van der Waals surface area contributed by atoms with Crippen LogP contribution in [0, 0.1) is 5.41 Å². The lowest BCUT2D eigenvalue weighted by Crippen LogP contribution is -2.47. The summed E-state index contributed by atoms with van der Waals surface area (Å²) < 4.78 is 5.50. The molecule has 0 aliphatic heterocycles. The maximum Gasteiger partial charge on any atom is 0.311 e. The zero-order valence-corrected chi connectivity index (χ0v) is 10.3. The molecule has 1 rings (SSSR count). The highest BCUT2D eigenvalue weighted by Gasteiger charge is 2.31. The summed E-state index contributed by atoms with van der Waals surface area (Å²) in [6.45, 7) is 4.03. The number of nitrogens with two attached hydrogens (primary N) is 1. The van der Waals surface area contributed by atoms with Gasteiger partial charge in [0.05, 0.1) is 18.6 Å². The molecule has 0 amide bonds. The van der Waals surface area contributed by atoms with Crippen molar-refractivity contribution in [3.63, 3.8) is 0 Å². The number of hydrogen-bond donors (Lipinski definition) is 2. The van der Waals surface area contributed by atoms with Crippen molar-refractivity contribution in [1.82, 2.24) is 0 Å². The van der Waals surface area contributed by atoms with Crippen molar-refractivity contribution in [3.05, 3.63) is 0 Å². The van der Waals surface area contributed by atoms with Gasteiger partial charge in [-0.05, 0) is 26.7 Å². The van der Waals surface area contributed by atoms with Gasteiger partial charge >= 0.3 is 5.97 Å². The molecule has 0 aromatic heterocycles. The van der Waals surface area contributed by atoms with Gasteiger partial charge in [0.2, 0.25) is 0 Å². The van der Waals surface area contributed by atoms with E-state index < -0.39 is 11.4 Å². The van der Waals surface area contributed by atoms with E-state index in [0.717, 1.165) is 25.7 Å². The second-order valence-corrected chi connectivity index (χ2v) is 5.60. The Balaban J connectivity index is 2.31. The fraction of sp³-hybridized carbons (Fsp3) is 0.917. The molecule has 1 saturated carbocycles. The second-order valence-electron chi connectivity index (χ2n) is 5.60. The minimum atomic E-state index is -0.831. The molecule has 0 unspecified atom stereocenters. The lowest BCUT2D eigenvalue weighted by atomic mass is 9.83. The molecule has 0 aromatic rings. The molecule has 4 nitrogen and oxygen atoms in total. The van der Waals surface area contributed by atoms with Crippen LogP contribution in [-0.4, -0.2) is 29.8 Å². The van der Waals surface area contributed by atoms with Gasteiger partial charge in [0.25, 0.3) is 0 Å². The third-order valence-corrected chi connectivity index (χ3v) is 3.28. The molecule has 1 aliphatic rings. The zero-order chi connectivity index (χ0) is 12.2. The van der Waals surface area contributed by atoms with Gasteiger partial charge in [-0.2, -0.15) is 0 Å². The number of carboxylic acid groups (broad SMARTS) is 1. The van der Waals surface area contributed by atoms with E-state index in [4.69, 9.17) is 15.6 Å². The number of aliphatic carboxylic acids is 1. The van der Waals surface area contributed by atoms with Crippen molar-refractivity contribution in [1.29, 1.82) is 0 Å². The molecule has 0 radical (unpaired) electrons. The molecular formula is C12H23NO3. The van der Waals surface area contributed by atoms with E-state index in [1.807, 2.05) is 0 Å². The van der Waals surface area contributed by atoms with Gasteiger partial charge in [-0.1, -0.05) is 19.3 Å². The smallest absolute Gasteiger partial charge is 0.311 e. The average molecular weight is 229 g/mol. The SMILES string of the molecule is CC(C)(COCC1(N)CCCCC1)C(=O)O. The fourth-order valence-electron chi connectivity index (χ4n) is 1.97. The number of carboxylic acids is 1. The maximum atomic E-state index is 10.9. The van der Waals surface area contributed by atoms with Gasteiger partial charge in [-0.25, -0.2) is 0 Å². The molecule has 0 atom stereocenters. The van der Waals surface area contributed by atoms with E-state index in [1.165, 1.54) is 6.42 Å². The van der Waals surface area contributed by atoms with Crippen LogP contribution in [0.3, 0.4) is 0 Å². The first-order valence-corrected chi connectivity index (χ1v) is 5.96. The Labute approximate surface area is 97.2 Å². The third kappa shape index (κ3) is 3.76. The van der Waals surface area contributed by atoms with E-state index in [1.54, 1.807) is 13.8 Å². The molecule has 94 valence electrons. The Morgan fingerprint density at radius 1 is 1.38 bits per heavy atom. The highest BCUT2D eigenvalue weighted by atomic mass is 16.5. The first-order chi connectivity index (χ1) is 7.36. The van der Waals surface area contributed by atoms with E-state index in [9.17, 15) is 4.79 Å². The molecule has 3 N–H and O–H groups in total. The number of rotatable bonds is 5. The predicted octanol–water partition coefficient (Wildman–Crippen LogP) is 1.78. The molecular weight excluding hydrogens is 206 g/mol. The predicted molar refractivity (Wildman–Crippen MR) is 62.2 cm³/mol. The normalized spacial score (nSPS) is 20.7. The van der Waals surface area contributed by atoms with Crippen LogP contribution in [-0.2, 0) is 9.53 Å². The van der Waals surface area contributed by atoms with Crippen LogP contribution in [0.2, 0.25) is 0 Å². The van der Waals surface area contributed by atoms with E-state index >= 15 is 0 Å². The molecule has 16 heavy (non-hydrogen) atoms. The minimum Gasteiger partial charge on any atom is -0.481 e. The third-order valence-electron chi connectivity index (χ3n) is 3.28. The maximum absolute atomic E-state index is 10.9. The molecule has 0 saturated heterocycles. The van der Waals surface area contributed by atoms with Crippen molar-refractivity contribution in [3.8, 4) is 0 Å². The molecule has 1 fully saturated rings. The van der Waals surface area contributed by atoms with E-state index in [2.05, 4.69) is 0 Å². The molecule has 4 heteroatoms. The summed E-state index contributed by atoms with van der Waals surface area (Å²) >= 11 is 0. The highest BCUT2D eigenvalue weighted by molar-refractivity contribution is 5.73. The quantitative estimate of drug-likeness (QED) is 0.753. The van der Waals surface area contributed by atoms with Crippen LogP contribution in [0.1, 0.15) is 46.0 Å². The molecule has 0 heterocycles. The van der Waals surface area contributed by atoms with Crippen LogP contribution < -0.4 is 5.73 Å². The van der Waals surface area contributed by atoms with Crippen LogP contribution in [0.15, 0.2) is 0 Å². The standard InChI is InChI=1S/C12H23NO3/c1-11(2,10(14)15)8-16-9-12(13)6-4-3-5-7-12/h3-9,13H2,1-2H3,(H,14,15). The van der Waals surface area contributed by atoms with Gasteiger partial charge in [0.15, 0.2) is 0 Å². The number of carbonyl (C=O) groups is 1. The molecule has 1 aliphatic carbocycles. The van der Waals surface area contributed by atoms with Gasteiger partial charge < -0.3 is 15.6 Å². The summed E-state index contributed by atoms with van der Waals surface area (Å²) in [6, 6.07) is 0. The van der Waals surface area contributed by atoms with Crippen LogP contribution in [0.5, 0.6) is 0 Å². The van der Waals surface area contributed by atoms with Crippen LogP contribution >= 0.6 is 0 Å². The summed E-state index contributed by atoms with van der Waals surface area (Å²) in [4.78, 5) is 10.9. The summed E-state index contributed by atoms with van der Waals surface area (Å²) in [5, 5.41) is 8.93. The second kappa shape index (κ2) is 5.15. The van der Waals surface area contributed by atoms with E-state index in [-0.39, 0.29) is 12.1 Å². The Morgan fingerprint density at radius 2 is 1.94 bits per heavy atom. The van der Waals surface area contributed by atoms with Gasteiger partial charge in [-0.3, -0.25) is 4.79 Å². The lowest BCUT2D eigenvalue weighted by molar-refractivity contribution is -0.150. The topological polar surface area (TPSA) is 72.5 Å². The van der Waals surface area contributed by atoms with Crippen molar-refractivity contribution in [2.75, 3.05) is 13.2 Å². The van der Waals surface area contributed by atoms with Gasteiger partial charge in [0.1, 0.15) is 0 Å². The first-order valence-electron chi connectivity index (χ1n) is 5.96. The van der Waals surface area contributed by atoms with Crippen molar-refractivity contribution >= 4 is 5.97 Å². The van der Waals surface area contributed by atoms with Crippen molar-refractivity contribution < 1.29 is 14.6 Å². The van der Waals surface area contributed by atoms with Gasteiger partial charge in [-0.15, -0.1) is 0 Å². The monoisotopic (exact) mass is 229 g/mol. The summed E-state index contributed by atoms with van der Waals surface area (Å²) in [5.41, 5.74) is 5.13. The Hall–Kier alpha value is -0.610. The molecule has 0 bridgehead atoms. The minimum absolute atomic E-state index is 0.223. The van der Waals surface area contributed by atoms with E-state index in [0.29, 0.717) is 6.61 Å². The van der Waals surface area contributed by atoms with Crippen LogP contribution in [0.25, 0.3) is 0 Å². The molecule has 0 aromatic carbocycles. The summed E-state index contributed by atoms with van der Waals surface area (Å²) in [5.74, 6) is -0.831. The summed E-state index contributed by atoms with van der Waals surface area (Å²) in [6.07, 6.45) is 5.53. The largest absolute Gasteiger partial charge is 0.481 e. The van der Waals surface area contributed by atoms with Gasteiger partial charge in [0, 0.05) is 5.54 Å². The Bertz CT molecular complexity index is 245.